The zero-order chi connectivity index (χ0) is 15.1. The Morgan fingerprint density at radius 1 is 1.35 bits per heavy atom. The summed E-state index contributed by atoms with van der Waals surface area (Å²) >= 11 is 5.80. The van der Waals surface area contributed by atoms with Crippen LogP contribution in [0.2, 0.25) is 5.02 Å². The van der Waals surface area contributed by atoms with Crippen molar-refractivity contribution in [3.05, 3.63) is 34.6 Å². The van der Waals surface area contributed by atoms with E-state index in [1.807, 2.05) is 0 Å². The molecule has 0 radical (unpaired) electrons. The van der Waals surface area contributed by atoms with Gasteiger partial charge in [0.15, 0.2) is 0 Å². The molecule has 114 valence electrons. The Kier molecular flexibility index (Phi) is 7.49. The molecule has 1 N–H and O–H groups in total. The summed E-state index contributed by atoms with van der Waals surface area (Å²) in [4.78, 5) is 0. The second-order valence-electron chi connectivity index (χ2n) is 5.44. The fourth-order valence-electron chi connectivity index (χ4n) is 2.46. The van der Waals surface area contributed by atoms with Crippen LogP contribution in [-0.2, 0) is 11.2 Å². The van der Waals surface area contributed by atoms with Crippen molar-refractivity contribution in [3.8, 4) is 0 Å². The molecule has 0 aliphatic carbocycles. The molecule has 1 aromatic rings. The van der Waals surface area contributed by atoms with Gasteiger partial charge in [-0.3, -0.25) is 0 Å². The van der Waals surface area contributed by atoms with Crippen molar-refractivity contribution in [1.82, 2.24) is 5.32 Å². The van der Waals surface area contributed by atoms with Gasteiger partial charge in [-0.05, 0) is 43.0 Å². The van der Waals surface area contributed by atoms with Gasteiger partial charge in [0.25, 0.3) is 0 Å². The molecule has 0 aliphatic rings. The molecule has 0 aliphatic heterocycles. The van der Waals surface area contributed by atoms with Gasteiger partial charge in [0.2, 0.25) is 0 Å². The molecular formula is C16H25ClFNO. The minimum atomic E-state index is -0.251. The second-order valence-corrected chi connectivity index (χ2v) is 5.88. The number of hydrogen-bond acceptors (Lipinski definition) is 2. The predicted molar refractivity (Wildman–Crippen MR) is 82.8 cm³/mol. The SMILES string of the molecule is CCCNC(Cc1ccc(Cl)cc1F)C(OC)C(C)C. The molecule has 4 heteroatoms. The zero-order valence-corrected chi connectivity index (χ0v) is 13.5. The van der Waals surface area contributed by atoms with Gasteiger partial charge >= 0.3 is 0 Å². The molecule has 1 rings (SSSR count). The number of ether oxygens (including phenoxy) is 1. The first-order chi connectivity index (χ1) is 9.49. The van der Waals surface area contributed by atoms with Crippen LogP contribution < -0.4 is 5.32 Å². The maximum atomic E-state index is 13.9. The summed E-state index contributed by atoms with van der Waals surface area (Å²) in [5, 5.41) is 3.89. The molecule has 1 aromatic carbocycles. The number of methoxy groups -OCH3 is 1. The Bertz CT molecular complexity index is 411. The number of benzene rings is 1. The summed E-state index contributed by atoms with van der Waals surface area (Å²) in [7, 11) is 1.71. The van der Waals surface area contributed by atoms with Crippen LogP contribution in [0.3, 0.4) is 0 Å². The van der Waals surface area contributed by atoms with Gasteiger partial charge in [-0.1, -0.05) is 38.4 Å². The van der Waals surface area contributed by atoms with E-state index in [1.54, 1.807) is 19.2 Å². The van der Waals surface area contributed by atoms with Gasteiger partial charge in [0.05, 0.1) is 6.10 Å². The van der Waals surface area contributed by atoms with Gasteiger partial charge in [-0.2, -0.15) is 0 Å². The Balaban J connectivity index is 2.87. The van der Waals surface area contributed by atoms with Crippen molar-refractivity contribution in [2.75, 3.05) is 13.7 Å². The van der Waals surface area contributed by atoms with E-state index in [2.05, 4.69) is 26.1 Å². The minimum Gasteiger partial charge on any atom is -0.380 e. The molecule has 0 fully saturated rings. The van der Waals surface area contributed by atoms with Crippen LogP contribution in [0, 0.1) is 11.7 Å². The third kappa shape index (κ3) is 5.04. The summed E-state index contributed by atoms with van der Waals surface area (Å²) in [6.45, 7) is 7.25. The number of nitrogens with one attached hydrogen (secondary N) is 1. The highest BCUT2D eigenvalue weighted by molar-refractivity contribution is 6.30. The van der Waals surface area contributed by atoms with E-state index in [4.69, 9.17) is 16.3 Å². The molecule has 0 saturated carbocycles. The normalized spacial score (nSPS) is 14.6. The van der Waals surface area contributed by atoms with Crippen molar-refractivity contribution >= 4 is 11.6 Å². The lowest BCUT2D eigenvalue weighted by Crippen LogP contribution is -2.45. The van der Waals surface area contributed by atoms with E-state index in [0.717, 1.165) is 13.0 Å². The van der Waals surface area contributed by atoms with E-state index in [0.29, 0.717) is 22.9 Å². The van der Waals surface area contributed by atoms with E-state index in [1.165, 1.54) is 6.07 Å². The van der Waals surface area contributed by atoms with Gasteiger partial charge in [-0.25, -0.2) is 4.39 Å². The Morgan fingerprint density at radius 3 is 2.55 bits per heavy atom. The predicted octanol–water partition coefficient (Wildman–Crippen LogP) is 4.06. The van der Waals surface area contributed by atoms with Gasteiger partial charge < -0.3 is 10.1 Å². The zero-order valence-electron chi connectivity index (χ0n) is 12.7. The topological polar surface area (TPSA) is 21.3 Å². The van der Waals surface area contributed by atoms with Gasteiger partial charge in [-0.15, -0.1) is 0 Å². The van der Waals surface area contributed by atoms with E-state index >= 15 is 0 Å². The van der Waals surface area contributed by atoms with Crippen LogP contribution >= 0.6 is 11.6 Å². The third-order valence-electron chi connectivity index (χ3n) is 3.44. The summed E-state index contributed by atoms with van der Waals surface area (Å²) in [5.74, 6) is 0.115. The molecule has 20 heavy (non-hydrogen) atoms. The van der Waals surface area contributed by atoms with Crippen LogP contribution in [0.5, 0.6) is 0 Å². The van der Waals surface area contributed by atoms with Crippen molar-refractivity contribution in [3.63, 3.8) is 0 Å². The maximum absolute atomic E-state index is 13.9. The summed E-state index contributed by atoms with van der Waals surface area (Å²) in [5.41, 5.74) is 0.672. The number of rotatable bonds is 8. The highest BCUT2D eigenvalue weighted by atomic mass is 35.5. The van der Waals surface area contributed by atoms with Crippen LogP contribution in [0.25, 0.3) is 0 Å². The summed E-state index contributed by atoms with van der Waals surface area (Å²) < 4.78 is 19.5. The average Bonchev–Trinajstić information content (AvgIpc) is 2.39. The van der Waals surface area contributed by atoms with Crippen molar-refractivity contribution in [2.45, 2.75) is 45.8 Å². The molecule has 0 spiro atoms. The van der Waals surface area contributed by atoms with Crippen LogP contribution in [0.4, 0.5) is 4.39 Å². The monoisotopic (exact) mass is 301 g/mol. The molecule has 0 amide bonds. The Labute approximate surface area is 126 Å². The fourth-order valence-corrected chi connectivity index (χ4v) is 2.62. The van der Waals surface area contributed by atoms with Gasteiger partial charge in [0.1, 0.15) is 5.82 Å². The smallest absolute Gasteiger partial charge is 0.127 e. The first-order valence-electron chi connectivity index (χ1n) is 7.19. The lowest BCUT2D eigenvalue weighted by molar-refractivity contribution is 0.0330. The average molecular weight is 302 g/mol. The highest BCUT2D eigenvalue weighted by Gasteiger charge is 2.25. The minimum absolute atomic E-state index is 0.0524. The van der Waals surface area contributed by atoms with E-state index < -0.39 is 0 Å². The van der Waals surface area contributed by atoms with Crippen molar-refractivity contribution < 1.29 is 9.13 Å². The van der Waals surface area contributed by atoms with Crippen LogP contribution in [0.15, 0.2) is 18.2 Å². The highest BCUT2D eigenvalue weighted by Crippen LogP contribution is 2.19. The molecule has 0 heterocycles. The Hall–Kier alpha value is -0.640. The third-order valence-corrected chi connectivity index (χ3v) is 3.67. The van der Waals surface area contributed by atoms with E-state index in [9.17, 15) is 4.39 Å². The van der Waals surface area contributed by atoms with Crippen LogP contribution in [-0.4, -0.2) is 25.8 Å². The fraction of sp³-hybridized carbons (Fsp3) is 0.625. The number of hydrogen-bond donors (Lipinski definition) is 1. The molecule has 0 saturated heterocycles. The summed E-state index contributed by atoms with van der Waals surface area (Å²) in [6.07, 6.45) is 1.69. The second kappa shape index (κ2) is 8.60. The lowest BCUT2D eigenvalue weighted by atomic mass is 9.93. The molecule has 2 unspecified atom stereocenters. The molecule has 2 nitrogen and oxygen atoms in total. The molecule has 2 atom stereocenters. The Morgan fingerprint density at radius 2 is 2.05 bits per heavy atom. The van der Waals surface area contributed by atoms with Crippen LogP contribution in [0.1, 0.15) is 32.8 Å². The van der Waals surface area contributed by atoms with Crippen molar-refractivity contribution in [2.24, 2.45) is 5.92 Å². The first-order valence-corrected chi connectivity index (χ1v) is 7.57. The lowest BCUT2D eigenvalue weighted by Gasteiger charge is -2.30. The standard InChI is InChI=1S/C16H25ClFNO/c1-5-8-19-15(16(20-4)11(2)3)9-12-6-7-13(17)10-14(12)18/h6-7,10-11,15-16,19H,5,8-9H2,1-4H3. The molecular weight excluding hydrogens is 277 g/mol. The quantitative estimate of drug-likeness (QED) is 0.782. The summed E-state index contributed by atoms with van der Waals surface area (Å²) in [6, 6.07) is 4.94. The molecule has 0 aromatic heterocycles. The van der Waals surface area contributed by atoms with Gasteiger partial charge in [0, 0.05) is 18.2 Å². The first kappa shape index (κ1) is 17.4. The largest absolute Gasteiger partial charge is 0.380 e. The maximum Gasteiger partial charge on any atom is 0.127 e. The molecule has 0 bridgehead atoms. The van der Waals surface area contributed by atoms with E-state index in [-0.39, 0.29) is 18.0 Å². The van der Waals surface area contributed by atoms with Crippen molar-refractivity contribution in [1.29, 1.82) is 0 Å². The number of halogens is 2.